The van der Waals surface area contributed by atoms with Gasteiger partial charge in [-0.25, -0.2) is 0 Å². The first kappa shape index (κ1) is 30.9. The Bertz CT molecular complexity index is 989. The Morgan fingerprint density at radius 2 is 1.75 bits per heavy atom. The fourth-order valence-electron chi connectivity index (χ4n) is 3.54. The molecule has 1 aliphatic rings. The fraction of sp³-hybridized carbons (Fsp3) is 0.387. The molecule has 0 bridgehead atoms. The average Bonchev–Trinajstić information content (AvgIpc) is 3.06. The molecule has 1 aliphatic carbocycles. The molecule has 0 saturated carbocycles. The summed E-state index contributed by atoms with van der Waals surface area (Å²) in [5, 5.41) is 16.0. The van der Waals surface area contributed by atoms with E-state index < -0.39 is 0 Å². The molecule has 36 heavy (non-hydrogen) atoms. The molecule has 196 valence electrons. The van der Waals surface area contributed by atoms with Crippen molar-refractivity contribution in [3.8, 4) is 5.75 Å². The van der Waals surface area contributed by atoms with E-state index in [4.69, 9.17) is 19.7 Å². The molecule has 0 aromatic heterocycles. The van der Waals surface area contributed by atoms with Gasteiger partial charge in [-0.05, 0) is 76.8 Å². The topological polar surface area (TPSA) is 76.0 Å². The second-order valence-corrected chi connectivity index (χ2v) is 8.65. The molecule has 2 aromatic carbocycles. The predicted molar refractivity (Wildman–Crippen MR) is 147 cm³/mol. The Hall–Kier alpha value is -3.15. The SMILES string of the molecule is CC1=C(CCCO)CC=CC(OCCC(C)Oc2ccc(C)cc2C=O)=C1.CO.Cc1ccccc1. The van der Waals surface area contributed by atoms with E-state index in [2.05, 4.69) is 38.1 Å². The average molecular weight is 495 g/mol. The van der Waals surface area contributed by atoms with Crippen LogP contribution in [0.5, 0.6) is 5.75 Å². The van der Waals surface area contributed by atoms with Crippen LogP contribution in [0.2, 0.25) is 0 Å². The lowest BCUT2D eigenvalue weighted by molar-refractivity contribution is 0.111. The van der Waals surface area contributed by atoms with Gasteiger partial charge in [-0.15, -0.1) is 0 Å². The highest BCUT2D eigenvalue weighted by Gasteiger charge is 2.10. The number of ether oxygens (including phenoxy) is 2. The van der Waals surface area contributed by atoms with Gasteiger partial charge in [-0.1, -0.05) is 59.2 Å². The first-order valence-corrected chi connectivity index (χ1v) is 12.4. The number of hydrogen-bond donors (Lipinski definition) is 2. The number of hydrogen-bond acceptors (Lipinski definition) is 5. The van der Waals surface area contributed by atoms with Gasteiger partial charge in [0, 0.05) is 20.1 Å². The van der Waals surface area contributed by atoms with E-state index in [0.29, 0.717) is 17.9 Å². The van der Waals surface area contributed by atoms with Gasteiger partial charge in [0.15, 0.2) is 6.29 Å². The zero-order chi connectivity index (χ0) is 26.8. The zero-order valence-electron chi connectivity index (χ0n) is 22.4. The quantitative estimate of drug-likeness (QED) is 0.368. The van der Waals surface area contributed by atoms with Crippen molar-refractivity contribution in [1.82, 2.24) is 0 Å². The maximum atomic E-state index is 11.2. The van der Waals surface area contributed by atoms with Gasteiger partial charge in [0.1, 0.15) is 11.5 Å². The zero-order valence-corrected chi connectivity index (χ0v) is 22.4. The lowest BCUT2D eigenvalue weighted by Gasteiger charge is -2.17. The van der Waals surface area contributed by atoms with Crippen LogP contribution in [0.25, 0.3) is 0 Å². The Labute approximate surface area is 216 Å². The summed E-state index contributed by atoms with van der Waals surface area (Å²) in [6.07, 6.45) is 10.3. The molecule has 0 spiro atoms. The number of benzene rings is 2. The van der Waals surface area contributed by atoms with Gasteiger partial charge in [-0.2, -0.15) is 0 Å². The van der Waals surface area contributed by atoms with Crippen LogP contribution in [0.3, 0.4) is 0 Å². The maximum Gasteiger partial charge on any atom is 0.153 e. The highest BCUT2D eigenvalue weighted by molar-refractivity contribution is 5.79. The molecule has 5 nitrogen and oxygen atoms in total. The van der Waals surface area contributed by atoms with E-state index in [9.17, 15) is 4.79 Å². The highest BCUT2D eigenvalue weighted by Crippen LogP contribution is 2.23. The summed E-state index contributed by atoms with van der Waals surface area (Å²) in [5.74, 6) is 1.46. The lowest BCUT2D eigenvalue weighted by atomic mass is 10.0. The van der Waals surface area contributed by atoms with Crippen LogP contribution >= 0.6 is 0 Å². The third-order valence-corrected chi connectivity index (χ3v) is 5.55. The summed E-state index contributed by atoms with van der Waals surface area (Å²) in [6.45, 7) is 8.87. The number of allylic oxidation sites excluding steroid dienone is 5. The Kier molecular flexibility index (Phi) is 15.6. The monoisotopic (exact) mass is 494 g/mol. The van der Waals surface area contributed by atoms with Crippen LogP contribution in [-0.4, -0.2) is 42.9 Å². The van der Waals surface area contributed by atoms with Gasteiger partial charge >= 0.3 is 0 Å². The van der Waals surface area contributed by atoms with Crippen molar-refractivity contribution >= 4 is 6.29 Å². The summed E-state index contributed by atoms with van der Waals surface area (Å²) in [5.41, 5.74) is 5.49. The Morgan fingerprint density at radius 1 is 1.03 bits per heavy atom. The first-order valence-electron chi connectivity index (χ1n) is 12.4. The van der Waals surface area contributed by atoms with Crippen molar-refractivity contribution in [1.29, 1.82) is 0 Å². The van der Waals surface area contributed by atoms with Gasteiger partial charge in [0.25, 0.3) is 0 Å². The van der Waals surface area contributed by atoms with Crippen LogP contribution in [0.1, 0.15) is 61.0 Å². The molecule has 0 amide bonds. The second-order valence-electron chi connectivity index (χ2n) is 8.65. The van der Waals surface area contributed by atoms with Gasteiger partial charge in [0.2, 0.25) is 0 Å². The van der Waals surface area contributed by atoms with Gasteiger partial charge in [-0.3, -0.25) is 4.79 Å². The summed E-state index contributed by atoms with van der Waals surface area (Å²) in [4.78, 5) is 11.2. The summed E-state index contributed by atoms with van der Waals surface area (Å²) in [7, 11) is 1.00. The molecule has 2 aromatic rings. The number of rotatable bonds is 10. The molecule has 0 saturated heterocycles. The normalized spacial score (nSPS) is 13.2. The predicted octanol–water partition coefficient (Wildman–Crippen LogP) is 6.52. The van der Waals surface area contributed by atoms with Gasteiger partial charge < -0.3 is 19.7 Å². The molecule has 0 heterocycles. The minimum atomic E-state index is -0.0569. The number of aliphatic hydroxyl groups is 2. The van der Waals surface area contributed by atoms with Crippen molar-refractivity contribution in [2.24, 2.45) is 0 Å². The third kappa shape index (κ3) is 12.0. The lowest BCUT2D eigenvalue weighted by Crippen LogP contribution is -2.15. The molecule has 3 rings (SSSR count). The van der Waals surface area contributed by atoms with Crippen LogP contribution in [0, 0.1) is 13.8 Å². The number of aliphatic hydroxyl groups excluding tert-OH is 2. The summed E-state index contributed by atoms with van der Waals surface area (Å²) in [6, 6.07) is 15.9. The van der Waals surface area contributed by atoms with Crippen LogP contribution < -0.4 is 4.74 Å². The largest absolute Gasteiger partial charge is 0.493 e. The van der Waals surface area contributed by atoms with E-state index >= 15 is 0 Å². The van der Waals surface area contributed by atoms with E-state index in [-0.39, 0.29) is 12.7 Å². The van der Waals surface area contributed by atoms with Crippen LogP contribution in [0.15, 0.2) is 83.7 Å². The summed E-state index contributed by atoms with van der Waals surface area (Å²) >= 11 is 0. The molecule has 0 aliphatic heterocycles. The van der Waals surface area contributed by atoms with E-state index in [1.54, 1.807) is 0 Å². The van der Waals surface area contributed by atoms with E-state index in [0.717, 1.165) is 50.4 Å². The van der Waals surface area contributed by atoms with Crippen LogP contribution in [0.4, 0.5) is 0 Å². The number of aryl methyl sites for hydroxylation is 2. The van der Waals surface area contributed by atoms with Crippen molar-refractivity contribution in [2.45, 2.75) is 59.5 Å². The molecular weight excluding hydrogens is 452 g/mol. The number of carbonyl (C=O) groups excluding carboxylic acids is 1. The van der Waals surface area contributed by atoms with E-state index in [1.807, 2.05) is 56.3 Å². The van der Waals surface area contributed by atoms with Crippen molar-refractivity contribution < 1.29 is 24.5 Å². The molecule has 0 fully saturated rings. The highest BCUT2D eigenvalue weighted by atomic mass is 16.5. The van der Waals surface area contributed by atoms with Crippen molar-refractivity contribution in [3.05, 3.63) is 100 Å². The minimum Gasteiger partial charge on any atom is -0.493 e. The first-order chi connectivity index (χ1) is 17.4. The number of aldehydes is 1. The second kappa shape index (κ2) is 18.2. The molecular formula is C31H42O5. The maximum absolute atomic E-state index is 11.2. The van der Waals surface area contributed by atoms with Crippen LogP contribution in [-0.2, 0) is 4.74 Å². The molecule has 1 unspecified atom stereocenters. The summed E-state index contributed by atoms with van der Waals surface area (Å²) < 4.78 is 11.8. The Morgan fingerprint density at radius 3 is 2.36 bits per heavy atom. The number of carbonyl (C=O) groups is 1. The fourth-order valence-corrected chi connectivity index (χ4v) is 3.54. The Balaban J connectivity index is 0.000000609. The standard InChI is InChI=1S/C23H30O4.C7H8.CH4O/c1-17-9-10-23(21(14-17)16-25)27-19(3)11-13-26-22-8-4-6-20(7-5-12-24)18(2)15-22;1-7-5-3-2-4-6-7;1-2/h4,8-10,14-16,19,24H,5-7,11-13H2,1-3H3;2-6H,1H3;2H,1H3. The van der Waals surface area contributed by atoms with Crippen molar-refractivity contribution in [2.75, 3.05) is 20.3 Å². The van der Waals surface area contributed by atoms with Gasteiger partial charge in [0.05, 0.1) is 18.3 Å². The minimum absolute atomic E-state index is 0.0569. The molecule has 0 radical (unpaired) electrons. The smallest absolute Gasteiger partial charge is 0.153 e. The third-order valence-electron chi connectivity index (χ3n) is 5.55. The van der Waals surface area contributed by atoms with E-state index in [1.165, 1.54) is 16.7 Å². The molecule has 2 N–H and O–H groups in total. The molecule has 5 heteroatoms. The van der Waals surface area contributed by atoms with Crippen molar-refractivity contribution in [3.63, 3.8) is 0 Å². The molecule has 1 atom stereocenters.